The van der Waals surface area contributed by atoms with Gasteiger partial charge in [0.2, 0.25) is 15.9 Å². The van der Waals surface area contributed by atoms with Crippen LogP contribution in [-0.2, 0) is 32.5 Å². The van der Waals surface area contributed by atoms with E-state index in [1.54, 1.807) is 12.1 Å². The Morgan fingerprint density at radius 1 is 1.24 bits per heavy atom. The van der Waals surface area contributed by atoms with E-state index in [4.69, 9.17) is 4.74 Å². The highest BCUT2D eigenvalue weighted by molar-refractivity contribution is 7.89. The molecule has 1 aliphatic carbocycles. The maximum Gasteiger partial charge on any atom is 0.240 e. The lowest BCUT2D eigenvalue weighted by atomic mass is 9.99. The second-order valence-electron chi connectivity index (χ2n) is 7.20. The highest BCUT2D eigenvalue weighted by atomic mass is 32.2. The molecule has 1 aromatic carbocycles. The molecule has 1 N–H and O–H groups in total. The molecule has 2 heterocycles. The SMILES string of the molecule is O=C(C1CC1)N1CCc2ccc(S(=O)(=O)NC[C@H]3CCCO3)cc2C1. The van der Waals surface area contributed by atoms with Crippen molar-refractivity contribution in [1.29, 1.82) is 0 Å². The summed E-state index contributed by atoms with van der Waals surface area (Å²) in [5.74, 6) is 0.414. The molecule has 1 amide bonds. The van der Waals surface area contributed by atoms with Gasteiger partial charge >= 0.3 is 0 Å². The number of hydrogen-bond acceptors (Lipinski definition) is 4. The standard InChI is InChI=1S/C18H24N2O4S/c21-18(14-3-4-14)20-8-7-13-5-6-17(10-15(13)12-20)25(22,23)19-11-16-2-1-9-24-16/h5-6,10,14,16,19H,1-4,7-9,11-12H2/t16-/m1/s1. The molecule has 1 saturated carbocycles. The molecule has 2 aliphatic heterocycles. The van der Waals surface area contributed by atoms with Crippen LogP contribution in [0.15, 0.2) is 23.1 Å². The molecule has 4 rings (SSSR count). The second-order valence-corrected chi connectivity index (χ2v) is 8.97. The van der Waals surface area contributed by atoms with Gasteiger partial charge in [-0.05, 0) is 55.4 Å². The van der Waals surface area contributed by atoms with Crippen LogP contribution >= 0.6 is 0 Å². The largest absolute Gasteiger partial charge is 0.377 e. The van der Waals surface area contributed by atoms with Gasteiger partial charge in [-0.2, -0.15) is 0 Å². The van der Waals surface area contributed by atoms with E-state index in [2.05, 4.69) is 4.72 Å². The smallest absolute Gasteiger partial charge is 0.240 e. The molecule has 0 bridgehead atoms. The van der Waals surface area contributed by atoms with Crippen LogP contribution in [0.25, 0.3) is 0 Å². The molecular formula is C18H24N2O4S. The van der Waals surface area contributed by atoms with Crippen molar-refractivity contribution in [3.63, 3.8) is 0 Å². The fourth-order valence-corrected chi connectivity index (χ4v) is 4.69. The van der Waals surface area contributed by atoms with Crippen LogP contribution in [0, 0.1) is 5.92 Å². The quantitative estimate of drug-likeness (QED) is 0.858. The summed E-state index contributed by atoms with van der Waals surface area (Å²) in [5.41, 5.74) is 2.08. The van der Waals surface area contributed by atoms with Crippen molar-refractivity contribution < 1.29 is 17.9 Å². The Balaban J connectivity index is 1.47. The Bertz CT molecular complexity index is 767. The van der Waals surface area contributed by atoms with Crippen molar-refractivity contribution in [1.82, 2.24) is 9.62 Å². The van der Waals surface area contributed by atoms with Gasteiger partial charge in [0.25, 0.3) is 0 Å². The Kier molecular flexibility index (Phi) is 4.56. The van der Waals surface area contributed by atoms with Gasteiger partial charge in [0, 0.05) is 32.2 Å². The minimum absolute atomic E-state index is 0.0287. The molecule has 2 fully saturated rings. The third kappa shape index (κ3) is 3.73. The molecule has 1 atom stereocenters. The minimum Gasteiger partial charge on any atom is -0.377 e. The van der Waals surface area contributed by atoms with Crippen LogP contribution < -0.4 is 4.72 Å². The third-order valence-corrected chi connectivity index (χ3v) is 6.68. The number of nitrogens with one attached hydrogen (secondary N) is 1. The molecule has 3 aliphatic rings. The highest BCUT2D eigenvalue weighted by Crippen LogP contribution is 2.33. The molecule has 1 saturated heterocycles. The van der Waals surface area contributed by atoms with Crippen LogP contribution in [0.4, 0.5) is 0 Å². The van der Waals surface area contributed by atoms with Gasteiger partial charge < -0.3 is 9.64 Å². The van der Waals surface area contributed by atoms with E-state index in [-0.39, 0.29) is 22.8 Å². The van der Waals surface area contributed by atoms with Crippen molar-refractivity contribution in [2.75, 3.05) is 19.7 Å². The number of amides is 1. The number of rotatable bonds is 5. The second kappa shape index (κ2) is 6.70. The van der Waals surface area contributed by atoms with Gasteiger partial charge in [-0.3, -0.25) is 4.79 Å². The van der Waals surface area contributed by atoms with E-state index in [1.165, 1.54) is 0 Å². The molecule has 6 nitrogen and oxygen atoms in total. The first-order valence-corrected chi connectivity index (χ1v) is 10.5. The number of benzene rings is 1. The minimum atomic E-state index is -3.56. The number of fused-ring (bicyclic) bond motifs is 1. The van der Waals surface area contributed by atoms with Crippen molar-refractivity contribution in [3.8, 4) is 0 Å². The molecule has 0 aromatic heterocycles. The number of nitrogens with zero attached hydrogens (tertiary/aromatic N) is 1. The van der Waals surface area contributed by atoms with Crippen molar-refractivity contribution in [2.45, 2.75) is 49.6 Å². The zero-order valence-corrected chi connectivity index (χ0v) is 15.1. The summed E-state index contributed by atoms with van der Waals surface area (Å²) in [6, 6.07) is 5.27. The van der Waals surface area contributed by atoms with Crippen molar-refractivity contribution in [3.05, 3.63) is 29.3 Å². The van der Waals surface area contributed by atoms with Gasteiger partial charge in [0.1, 0.15) is 0 Å². The van der Waals surface area contributed by atoms with Crippen LogP contribution in [0.1, 0.15) is 36.8 Å². The predicted octanol–water partition coefficient (Wildman–Crippen LogP) is 1.44. The molecule has 1 aromatic rings. The van der Waals surface area contributed by atoms with Gasteiger partial charge in [-0.1, -0.05) is 6.07 Å². The molecule has 7 heteroatoms. The van der Waals surface area contributed by atoms with E-state index in [1.807, 2.05) is 11.0 Å². The molecule has 136 valence electrons. The number of hydrogen-bond donors (Lipinski definition) is 1. The van der Waals surface area contributed by atoms with E-state index >= 15 is 0 Å². The zero-order valence-electron chi connectivity index (χ0n) is 14.2. The third-order valence-electron chi connectivity index (χ3n) is 5.26. The summed E-state index contributed by atoms with van der Waals surface area (Å²) < 4.78 is 33.2. The Labute approximate surface area is 148 Å². The average Bonchev–Trinajstić information content (AvgIpc) is 3.34. The summed E-state index contributed by atoms with van der Waals surface area (Å²) in [6.07, 6.45) is 4.62. The Hall–Kier alpha value is -1.44. The van der Waals surface area contributed by atoms with E-state index in [0.29, 0.717) is 19.7 Å². The Morgan fingerprint density at radius 2 is 2.08 bits per heavy atom. The first-order chi connectivity index (χ1) is 12.0. The topological polar surface area (TPSA) is 75.7 Å². The fraction of sp³-hybridized carbons (Fsp3) is 0.611. The monoisotopic (exact) mass is 364 g/mol. The van der Waals surface area contributed by atoms with Crippen LogP contribution in [-0.4, -0.2) is 45.0 Å². The molecule has 0 radical (unpaired) electrons. The summed E-state index contributed by atoms with van der Waals surface area (Å²) in [6.45, 7) is 2.26. The number of carbonyl (C=O) groups is 1. The molecular weight excluding hydrogens is 340 g/mol. The predicted molar refractivity (Wildman–Crippen MR) is 92.4 cm³/mol. The summed E-state index contributed by atoms with van der Waals surface area (Å²) in [5, 5.41) is 0. The number of ether oxygens (including phenoxy) is 1. The fourth-order valence-electron chi connectivity index (χ4n) is 3.57. The summed E-state index contributed by atoms with van der Waals surface area (Å²) >= 11 is 0. The van der Waals surface area contributed by atoms with E-state index in [9.17, 15) is 13.2 Å². The maximum atomic E-state index is 12.6. The van der Waals surface area contributed by atoms with Crippen LogP contribution in [0.2, 0.25) is 0 Å². The van der Waals surface area contributed by atoms with Gasteiger partial charge in [0.15, 0.2) is 0 Å². The number of carbonyl (C=O) groups excluding carboxylic acids is 1. The first-order valence-electron chi connectivity index (χ1n) is 9.05. The molecule has 0 unspecified atom stereocenters. The highest BCUT2D eigenvalue weighted by Gasteiger charge is 2.34. The lowest BCUT2D eigenvalue weighted by Gasteiger charge is -2.29. The van der Waals surface area contributed by atoms with Crippen LogP contribution in [0.5, 0.6) is 0 Å². The van der Waals surface area contributed by atoms with Gasteiger partial charge in [-0.15, -0.1) is 0 Å². The average molecular weight is 364 g/mol. The lowest BCUT2D eigenvalue weighted by molar-refractivity contribution is -0.133. The van der Waals surface area contributed by atoms with Crippen molar-refractivity contribution in [2.24, 2.45) is 5.92 Å². The van der Waals surface area contributed by atoms with Gasteiger partial charge in [0.05, 0.1) is 11.0 Å². The first kappa shape index (κ1) is 17.0. The summed E-state index contributed by atoms with van der Waals surface area (Å²) in [7, 11) is -3.56. The zero-order chi connectivity index (χ0) is 17.4. The van der Waals surface area contributed by atoms with E-state index < -0.39 is 10.0 Å². The van der Waals surface area contributed by atoms with E-state index in [0.717, 1.165) is 49.8 Å². The normalized spacial score (nSPS) is 23.5. The van der Waals surface area contributed by atoms with Gasteiger partial charge in [-0.25, -0.2) is 13.1 Å². The lowest BCUT2D eigenvalue weighted by Crippen LogP contribution is -2.37. The molecule has 0 spiro atoms. The maximum absolute atomic E-state index is 12.6. The number of sulfonamides is 1. The van der Waals surface area contributed by atoms with Crippen LogP contribution in [0.3, 0.4) is 0 Å². The van der Waals surface area contributed by atoms with Crippen molar-refractivity contribution >= 4 is 15.9 Å². The molecule has 25 heavy (non-hydrogen) atoms. The Morgan fingerprint density at radius 3 is 2.80 bits per heavy atom. The summed E-state index contributed by atoms with van der Waals surface area (Å²) in [4.78, 5) is 14.4.